The van der Waals surface area contributed by atoms with Crippen molar-refractivity contribution in [1.82, 2.24) is 20.5 Å². The number of amides is 1. The third-order valence-corrected chi connectivity index (χ3v) is 2.93. The Morgan fingerprint density at radius 2 is 2.24 bits per heavy atom. The number of hydrogen-bond acceptors (Lipinski definition) is 6. The van der Waals surface area contributed by atoms with Crippen LogP contribution in [0.25, 0.3) is 0 Å². The number of anilines is 1. The first-order chi connectivity index (χ1) is 10.0. The molecule has 0 saturated carbocycles. The summed E-state index contributed by atoms with van der Waals surface area (Å²) in [4.78, 5) is 26.3. The van der Waals surface area contributed by atoms with Crippen LogP contribution in [-0.4, -0.2) is 33.1 Å². The minimum absolute atomic E-state index is 0.113. The van der Waals surface area contributed by atoms with Crippen LogP contribution in [0.2, 0.25) is 0 Å². The predicted molar refractivity (Wildman–Crippen MR) is 74.9 cm³/mol. The molecular weight excluding hydrogens is 276 g/mol. The highest BCUT2D eigenvalue weighted by Gasteiger charge is 2.19. The van der Waals surface area contributed by atoms with E-state index < -0.39 is 10.8 Å². The standard InChI is InChI=1S/C12H14N6O3/c1-7(8-4-15-16-5-8)17-12(19)10-3-9(18(20)21)6-14-11(10)13-2/h3-7H,1-2H3,(H,13,14)(H,15,16)(H,17,19). The lowest BCUT2D eigenvalue weighted by Gasteiger charge is -2.13. The van der Waals surface area contributed by atoms with Gasteiger partial charge in [0, 0.05) is 24.9 Å². The van der Waals surface area contributed by atoms with Crippen molar-refractivity contribution < 1.29 is 9.72 Å². The number of hydrogen-bond donors (Lipinski definition) is 3. The zero-order valence-corrected chi connectivity index (χ0v) is 11.5. The number of rotatable bonds is 5. The Morgan fingerprint density at radius 1 is 1.48 bits per heavy atom. The Morgan fingerprint density at radius 3 is 2.81 bits per heavy atom. The minimum atomic E-state index is -0.595. The SMILES string of the molecule is CNc1ncc([N+](=O)[O-])cc1C(=O)NC(C)c1cn[nH]c1. The molecule has 2 heterocycles. The molecule has 2 rings (SSSR count). The van der Waals surface area contributed by atoms with Crippen molar-refractivity contribution in [2.24, 2.45) is 0 Å². The van der Waals surface area contributed by atoms with Crippen LogP contribution in [0.5, 0.6) is 0 Å². The van der Waals surface area contributed by atoms with Gasteiger partial charge in [0.25, 0.3) is 11.6 Å². The molecule has 0 aromatic carbocycles. The van der Waals surface area contributed by atoms with E-state index in [1.54, 1.807) is 26.4 Å². The first-order valence-electron chi connectivity index (χ1n) is 6.14. The van der Waals surface area contributed by atoms with Crippen molar-refractivity contribution in [3.8, 4) is 0 Å². The third kappa shape index (κ3) is 3.14. The average Bonchev–Trinajstić information content (AvgIpc) is 3.00. The van der Waals surface area contributed by atoms with E-state index in [1.807, 2.05) is 0 Å². The molecule has 0 saturated heterocycles. The summed E-state index contributed by atoms with van der Waals surface area (Å²) in [7, 11) is 1.59. The molecule has 0 aliphatic carbocycles. The molecule has 9 heteroatoms. The first-order valence-corrected chi connectivity index (χ1v) is 6.14. The van der Waals surface area contributed by atoms with Gasteiger partial charge < -0.3 is 10.6 Å². The fourth-order valence-corrected chi connectivity index (χ4v) is 1.78. The Labute approximate surface area is 119 Å². The lowest BCUT2D eigenvalue weighted by Crippen LogP contribution is -2.27. The fraction of sp³-hybridized carbons (Fsp3) is 0.250. The Balaban J connectivity index is 2.25. The maximum absolute atomic E-state index is 12.3. The van der Waals surface area contributed by atoms with Gasteiger partial charge in [0.2, 0.25) is 0 Å². The number of nitrogens with zero attached hydrogens (tertiary/aromatic N) is 3. The van der Waals surface area contributed by atoms with Crippen molar-refractivity contribution in [3.05, 3.63) is 45.9 Å². The molecule has 21 heavy (non-hydrogen) atoms. The largest absolute Gasteiger partial charge is 0.372 e. The number of aromatic amines is 1. The van der Waals surface area contributed by atoms with Crippen LogP contribution in [0.15, 0.2) is 24.7 Å². The second-order valence-corrected chi connectivity index (χ2v) is 4.32. The van der Waals surface area contributed by atoms with Gasteiger partial charge in [0.05, 0.1) is 22.7 Å². The molecule has 3 N–H and O–H groups in total. The molecule has 0 aliphatic heterocycles. The number of nitro groups is 1. The van der Waals surface area contributed by atoms with Crippen molar-refractivity contribution in [1.29, 1.82) is 0 Å². The van der Waals surface area contributed by atoms with Gasteiger partial charge in [-0.05, 0) is 6.92 Å². The quantitative estimate of drug-likeness (QED) is 0.562. The van der Waals surface area contributed by atoms with Crippen LogP contribution < -0.4 is 10.6 Å². The van der Waals surface area contributed by atoms with E-state index in [2.05, 4.69) is 25.8 Å². The molecule has 2 aromatic rings. The fourth-order valence-electron chi connectivity index (χ4n) is 1.78. The van der Waals surface area contributed by atoms with Crippen LogP contribution in [0.4, 0.5) is 11.5 Å². The Hall–Kier alpha value is -2.97. The van der Waals surface area contributed by atoms with Gasteiger partial charge in [-0.2, -0.15) is 5.10 Å². The van der Waals surface area contributed by atoms with E-state index in [0.29, 0.717) is 0 Å². The molecule has 2 aromatic heterocycles. The minimum Gasteiger partial charge on any atom is -0.372 e. The zero-order chi connectivity index (χ0) is 15.4. The second kappa shape index (κ2) is 5.99. The van der Waals surface area contributed by atoms with Gasteiger partial charge in [-0.25, -0.2) is 4.98 Å². The summed E-state index contributed by atoms with van der Waals surface area (Å²) in [5.41, 5.74) is 0.671. The molecule has 110 valence electrons. The average molecular weight is 290 g/mol. The van der Waals surface area contributed by atoms with E-state index in [0.717, 1.165) is 11.8 Å². The lowest BCUT2D eigenvalue weighted by atomic mass is 10.1. The monoisotopic (exact) mass is 290 g/mol. The number of nitrogens with one attached hydrogen (secondary N) is 3. The highest BCUT2D eigenvalue weighted by Crippen LogP contribution is 2.20. The number of carbonyl (C=O) groups excluding carboxylic acids is 1. The highest BCUT2D eigenvalue weighted by atomic mass is 16.6. The van der Waals surface area contributed by atoms with Gasteiger partial charge in [-0.3, -0.25) is 20.0 Å². The summed E-state index contributed by atoms with van der Waals surface area (Å²) in [6.45, 7) is 1.78. The zero-order valence-electron chi connectivity index (χ0n) is 11.5. The Kier molecular flexibility index (Phi) is 4.12. The number of carbonyl (C=O) groups is 1. The van der Waals surface area contributed by atoms with Crippen LogP contribution >= 0.6 is 0 Å². The van der Waals surface area contributed by atoms with Gasteiger partial charge >= 0.3 is 0 Å². The molecule has 1 atom stereocenters. The van der Waals surface area contributed by atoms with Crippen molar-refractivity contribution >= 4 is 17.4 Å². The highest BCUT2D eigenvalue weighted by molar-refractivity contribution is 5.99. The molecule has 1 unspecified atom stereocenters. The smallest absolute Gasteiger partial charge is 0.288 e. The third-order valence-electron chi connectivity index (χ3n) is 2.93. The normalized spacial score (nSPS) is 11.7. The number of H-pyrrole nitrogens is 1. The molecule has 0 aliphatic rings. The summed E-state index contributed by atoms with van der Waals surface area (Å²) in [6.07, 6.45) is 4.35. The molecule has 1 amide bonds. The van der Waals surface area contributed by atoms with Crippen molar-refractivity contribution in [2.75, 3.05) is 12.4 Å². The van der Waals surface area contributed by atoms with Crippen molar-refractivity contribution in [2.45, 2.75) is 13.0 Å². The molecule has 0 fully saturated rings. The van der Waals surface area contributed by atoms with E-state index in [9.17, 15) is 14.9 Å². The maximum Gasteiger partial charge on any atom is 0.288 e. The summed E-state index contributed by atoms with van der Waals surface area (Å²) in [6, 6.07) is 0.899. The van der Waals surface area contributed by atoms with Gasteiger partial charge in [0.15, 0.2) is 0 Å². The first kappa shape index (κ1) is 14.4. The number of pyridine rings is 1. The molecule has 9 nitrogen and oxygen atoms in total. The predicted octanol–water partition coefficient (Wildman–Crippen LogP) is 1.25. The van der Waals surface area contributed by atoms with E-state index in [1.165, 1.54) is 6.07 Å². The van der Waals surface area contributed by atoms with Crippen LogP contribution in [0.1, 0.15) is 28.9 Å². The Bertz CT molecular complexity index is 655. The van der Waals surface area contributed by atoms with Crippen LogP contribution in [0, 0.1) is 10.1 Å². The molecule has 0 radical (unpaired) electrons. The van der Waals surface area contributed by atoms with E-state index >= 15 is 0 Å². The van der Waals surface area contributed by atoms with Gasteiger partial charge in [0.1, 0.15) is 12.0 Å². The van der Waals surface area contributed by atoms with Crippen molar-refractivity contribution in [3.63, 3.8) is 0 Å². The number of aromatic nitrogens is 3. The van der Waals surface area contributed by atoms with Crippen LogP contribution in [-0.2, 0) is 0 Å². The topological polar surface area (TPSA) is 126 Å². The summed E-state index contributed by atoms with van der Waals surface area (Å²) in [5, 5.41) is 22.7. The van der Waals surface area contributed by atoms with E-state index in [-0.39, 0.29) is 23.1 Å². The molecule has 0 spiro atoms. The summed E-state index contributed by atoms with van der Waals surface area (Å²) < 4.78 is 0. The maximum atomic E-state index is 12.3. The second-order valence-electron chi connectivity index (χ2n) is 4.32. The lowest BCUT2D eigenvalue weighted by molar-refractivity contribution is -0.385. The molecule has 0 bridgehead atoms. The summed E-state index contributed by atoms with van der Waals surface area (Å²) >= 11 is 0. The van der Waals surface area contributed by atoms with E-state index in [4.69, 9.17) is 0 Å². The summed E-state index contributed by atoms with van der Waals surface area (Å²) in [5.74, 6) is -0.179. The van der Waals surface area contributed by atoms with Crippen LogP contribution in [0.3, 0.4) is 0 Å². The molecular formula is C12H14N6O3. The van der Waals surface area contributed by atoms with Gasteiger partial charge in [-0.1, -0.05) is 0 Å². The van der Waals surface area contributed by atoms with Gasteiger partial charge in [-0.15, -0.1) is 0 Å².